The Bertz CT molecular complexity index is 1560. The largest absolute Gasteiger partial charge is 0.348 e. The minimum atomic E-state index is -0.789. The summed E-state index contributed by atoms with van der Waals surface area (Å²) in [5.74, 6) is -0.262. The van der Waals surface area contributed by atoms with Gasteiger partial charge in [0.1, 0.15) is 5.69 Å². The quantitative estimate of drug-likeness (QED) is 0.242. The Morgan fingerprint density at radius 2 is 1.89 bits per heavy atom. The number of hydrogen-bond donors (Lipinski definition) is 2. The van der Waals surface area contributed by atoms with Gasteiger partial charge in [-0.2, -0.15) is 0 Å². The van der Waals surface area contributed by atoms with Gasteiger partial charge in [-0.25, -0.2) is 0 Å². The third kappa shape index (κ3) is 4.42. The van der Waals surface area contributed by atoms with Crippen LogP contribution in [-0.2, 0) is 6.54 Å². The van der Waals surface area contributed by atoms with E-state index in [0.29, 0.717) is 11.1 Å². The van der Waals surface area contributed by atoms with Crippen molar-refractivity contribution in [3.8, 4) is 5.69 Å². The number of rotatable bonds is 6. The molecule has 1 saturated carbocycles. The number of pyridine rings is 1. The molecule has 2 N–H and O–H groups in total. The van der Waals surface area contributed by atoms with Crippen LogP contribution in [0.2, 0.25) is 0 Å². The van der Waals surface area contributed by atoms with Gasteiger partial charge in [0.2, 0.25) is 0 Å². The SMILES string of the molecule is O=C(NCc1ccn(-c2cc3c(cc2[N+](=O)[O-])[nH]c(=O)c(=O)n3C2CCCCC2)c1)c1ccncc1. The second-order valence-corrected chi connectivity index (χ2v) is 8.88. The molecule has 11 nitrogen and oxygen atoms in total. The predicted molar refractivity (Wildman–Crippen MR) is 132 cm³/mol. The molecule has 3 aromatic heterocycles. The maximum absolute atomic E-state index is 12.9. The van der Waals surface area contributed by atoms with Gasteiger partial charge < -0.3 is 14.9 Å². The molecule has 1 aliphatic rings. The summed E-state index contributed by atoms with van der Waals surface area (Å²) in [5, 5.41) is 14.7. The second kappa shape index (κ2) is 9.61. The van der Waals surface area contributed by atoms with Gasteiger partial charge in [-0.05, 0) is 42.7 Å². The van der Waals surface area contributed by atoms with Gasteiger partial charge in [0.15, 0.2) is 0 Å². The van der Waals surface area contributed by atoms with E-state index in [1.165, 1.54) is 23.0 Å². The Hall–Kier alpha value is -4.54. The number of benzene rings is 1. The maximum Gasteiger partial charge on any atom is 0.316 e. The molecule has 1 fully saturated rings. The molecule has 4 aromatic rings. The highest BCUT2D eigenvalue weighted by Gasteiger charge is 2.24. The zero-order valence-electron chi connectivity index (χ0n) is 19.3. The fraction of sp³-hybridized carbons (Fsp3) is 0.280. The Balaban J connectivity index is 1.53. The molecule has 0 aliphatic heterocycles. The number of fused-ring (bicyclic) bond motifs is 1. The number of H-pyrrole nitrogens is 1. The number of aromatic nitrogens is 4. The average molecular weight is 489 g/mol. The Kier molecular flexibility index (Phi) is 6.19. The van der Waals surface area contributed by atoms with Crippen molar-refractivity contribution in [2.45, 2.75) is 44.7 Å². The number of carbonyl (C=O) groups excluding carboxylic acids is 1. The number of nitro groups is 1. The van der Waals surface area contributed by atoms with Crippen LogP contribution in [0.1, 0.15) is 54.1 Å². The average Bonchev–Trinajstić information content (AvgIpc) is 3.37. The Morgan fingerprint density at radius 1 is 1.14 bits per heavy atom. The number of hydrogen-bond acceptors (Lipinski definition) is 6. The monoisotopic (exact) mass is 488 g/mol. The predicted octanol–water partition coefficient (Wildman–Crippen LogP) is 3.22. The summed E-state index contributed by atoms with van der Waals surface area (Å²) in [6.45, 7) is 0.218. The second-order valence-electron chi connectivity index (χ2n) is 8.88. The lowest BCUT2D eigenvalue weighted by Gasteiger charge is -2.25. The molecule has 0 spiro atoms. The summed E-state index contributed by atoms with van der Waals surface area (Å²) in [5.41, 5.74) is 0.517. The van der Waals surface area contributed by atoms with E-state index >= 15 is 0 Å². The maximum atomic E-state index is 12.9. The molecule has 0 radical (unpaired) electrons. The first-order chi connectivity index (χ1) is 17.4. The first-order valence-corrected chi connectivity index (χ1v) is 11.7. The molecular weight excluding hydrogens is 464 g/mol. The van der Waals surface area contributed by atoms with Crippen LogP contribution in [0.4, 0.5) is 5.69 Å². The van der Waals surface area contributed by atoms with Crippen molar-refractivity contribution in [2.24, 2.45) is 0 Å². The van der Waals surface area contributed by atoms with Crippen LogP contribution in [-0.4, -0.2) is 29.9 Å². The summed E-state index contributed by atoms with van der Waals surface area (Å²) in [4.78, 5) is 55.4. The number of nitro benzene ring substituents is 1. The minimum absolute atomic E-state index is 0.131. The smallest absolute Gasteiger partial charge is 0.316 e. The van der Waals surface area contributed by atoms with Crippen molar-refractivity contribution in [1.29, 1.82) is 0 Å². The molecule has 0 saturated heterocycles. The van der Waals surface area contributed by atoms with E-state index < -0.39 is 16.0 Å². The van der Waals surface area contributed by atoms with E-state index in [1.807, 2.05) is 0 Å². The standard InChI is InChI=1S/C25H24N6O5/c32-23(17-6-9-26-10-7-17)27-14-16-8-11-29(15-16)21-13-20-19(12-22(21)31(35)36)28-24(33)25(34)30(20)18-4-2-1-3-5-18/h6-13,15,18H,1-5,14H2,(H,27,32)(H,28,33). The summed E-state index contributed by atoms with van der Waals surface area (Å²) in [6.07, 6.45) is 11.0. The third-order valence-electron chi connectivity index (χ3n) is 6.58. The van der Waals surface area contributed by atoms with E-state index in [9.17, 15) is 24.5 Å². The molecule has 5 rings (SSSR count). The number of amides is 1. The number of aromatic amines is 1. The number of carbonyl (C=O) groups is 1. The molecular formula is C25H24N6O5. The lowest BCUT2D eigenvalue weighted by atomic mass is 9.95. The van der Waals surface area contributed by atoms with Crippen molar-refractivity contribution in [1.82, 2.24) is 24.4 Å². The first kappa shape index (κ1) is 23.2. The van der Waals surface area contributed by atoms with Gasteiger partial charge in [-0.15, -0.1) is 0 Å². The van der Waals surface area contributed by atoms with Gasteiger partial charge in [0.05, 0.1) is 16.0 Å². The van der Waals surface area contributed by atoms with Crippen molar-refractivity contribution in [3.05, 3.63) is 97.1 Å². The van der Waals surface area contributed by atoms with Gasteiger partial charge >= 0.3 is 11.1 Å². The van der Waals surface area contributed by atoms with Gasteiger partial charge in [-0.3, -0.25) is 34.0 Å². The molecule has 1 aromatic carbocycles. The molecule has 184 valence electrons. The van der Waals surface area contributed by atoms with E-state index in [4.69, 9.17) is 0 Å². The van der Waals surface area contributed by atoms with Crippen LogP contribution in [0.25, 0.3) is 16.7 Å². The number of nitrogens with zero attached hydrogens (tertiary/aromatic N) is 4. The molecule has 1 amide bonds. The Morgan fingerprint density at radius 3 is 2.61 bits per heavy atom. The van der Waals surface area contributed by atoms with Crippen molar-refractivity contribution >= 4 is 22.6 Å². The molecule has 1 aliphatic carbocycles. The molecule has 0 bridgehead atoms. The molecule has 0 unspecified atom stereocenters. The topological polar surface area (TPSA) is 145 Å². The van der Waals surface area contributed by atoms with Crippen molar-refractivity contribution < 1.29 is 9.72 Å². The van der Waals surface area contributed by atoms with Crippen LogP contribution in [0, 0.1) is 10.1 Å². The lowest BCUT2D eigenvalue weighted by molar-refractivity contribution is -0.384. The molecule has 3 heterocycles. The van der Waals surface area contributed by atoms with Crippen LogP contribution in [0.3, 0.4) is 0 Å². The first-order valence-electron chi connectivity index (χ1n) is 11.7. The highest BCUT2D eigenvalue weighted by atomic mass is 16.6. The summed E-state index contributed by atoms with van der Waals surface area (Å²) in [6, 6.07) is 7.72. The lowest BCUT2D eigenvalue weighted by Crippen LogP contribution is -2.39. The van der Waals surface area contributed by atoms with E-state index in [2.05, 4.69) is 15.3 Å². The fourth-order valence-electron chi connectivity index (χ4n) is 4.80. The van der Waals surface area contributed by atoms with Crippen LogP contribution in [0.15, 0.2) is 64.7 Å². The van der Waals surface area contributed by atoms with Crippen LogP contribution < -0.4 is 16.4 Å². The fourth-order valence-corrected chi connectivity index (χ4v) is 4.80. The minimum Gasteiger partial charge on any atom is -0.348 e. The molecule has 11 heteroatoms. The van der Waals surface area contributed by atoms with Crippen LogP contribution >= 0.6 is 0 Å². The van der Waals surface area contributed by atoms with Gasteiger partial charge in [-0.1, -0.05) is 19.3 Å². The van der Waals surface area contributed by atoms with Crippen LogP contribution in [0.5, 0.6) is 0 Å². The summed E-state index contributed by atoms with van der Waals surface area (Å²) < 4.78 is 3.09. The summed E-state index contributed by atoms with van der Waals surface area (Å²) >= 11 is 0. The zero-order valence-corrected chi connectivity index (χ0v) is 19.3. The van der Waals surface area contributed by atoms with E-state index in [0.717, 1.165) is 37.7 Å². The highest BCUT2D eigenvalue weighted by molar-refractivity contribution is 5.93. The zero-order chi connectivity index (χ0) is 25.2. The Labute approximate surface area is 204 Å². The van der Waals surface area contributed by atoms with Gasteiger partial charge in [0, 0.05) is 49.0 Å². The third-order valence-corrected chi connectivity index (χ3v) is 6.58. The highest BCUT2D eigenvalue weighted by Crippen LogP contribution is 2.32. The van der Waals surface area contributed by atoms with E-state index in [-0.39, 0.29) is 35.4 Å². The normalized spacial score (nSPS) is 14.1. The van der Waals surface area contributed by atoms with Crippen molar-refractivity contribution in [3.63, 3.8) is 0 Å². The van der Waals surface area contributed by atoms with Crippen molar-refractivity contribution in [2.75, 3.05) is 0 Å². The van der Waals surface area contributed by atoms with E-state index in [1.54, 1.807) is 41.2 Å². The molecule has 36 heavy (non-hydrogen) atoms. The summed E-state index contributed by atoms with van der Waals surface area (Å²) in [7, 11) is 0. The molecule has 0 atom stereocenters. The van der Waals surface area contributed by atoms with Gasteiger partial charge in [0.25, 0.3) is 11.6 Å². The number of nitrogens with one attached hydrogen (secondary N) is 2.